The quantitative estimate of drug-likeness (QED) is 0.865. The lowest BCUT2D eigenvalue weighted by atomic mass is 10.1. The molecule has 134 valence electrons. The van der Waals surface area contributed by atoms with Gasteiger partial charge in [-0.25, -0.2) is 13.4 Å². The van der Waals surface area contributed by atoms with Crippen LogP contribution in [-0.2, 0) is 34.2 Å². The molecule has 2 heterocycles. The van der Waals surface area contributed by atoms with Crippen molar-refractivity contribution in [1.82, 2.24) is 9.29 Å². The monoisotopic (exact) mass is 379 g/mol. The molecule has 1 amide bonds. The van der Waals surface area contributed by atoms with Crippen molar-refractivity contribution in [2.45, 2.75) is 33.2 Å². The topological polar surface area (TPSA) is 79.4 Å². The minimum atomic E-state index is -3.20. The van der Waals surface area contributed by atoms with Gasteiger partial charge in [-0.05, 0) is 19.4 Å². The second-order valence-corrected chi connectivity index (χ2v) is 9.43. The largest absolute Gasteiger partial charge is 0.302 e. The number of thiazole rings is 1. The predicted molar refractivity (Wildman–Crippen MR) is 99.2 cm³/mol. The van der Waals surface area contributed by atoms with Gasteiger partial charge in [0.25, 0.3) is 0 Å². The fraction of sp³-hybridized carbons (Fsp3) is 0.412. The van der Waals surface area contributed by atoms with Gasteiger partial charge in [0.15, 0.2) is 5.13 Å². The summed E-state index contributed by atoms with van der Waals surface area (Å²) in [4.78, 5) is 17.6. The maximum atomic E-state index is 12.2. The van der Waals surface area contributed by atoms with Crippen molar-refractivity contribution in [2.75, 3.05) is 17.6 Å². The van der Waals surface area contributed by atoms with E-state index in [1.54, 1.807) is 6.92 Å². The molecule has 0 aliphatic carbocycles. The standard InChI is InChI=1S/C17H21N3O3S2/c1-3-25(22,23)20-8-7-14-15(11-20)24-17(18-14)19-16(21)10-13-6-4-5-12(2)9-13/h4-6,9H,3,7-8,10-11H2,1-2H3,(H,18,19,21). The second kappa shape index (κ2) is 7.23. The van der Waals surface area contributed by atoms with E-state index in [0.717, 1.165) is 21.7 Å². The van der Waals surface area contributed by atoms with Gasteiger partial charge in [0.2, 0.25) is 15.9 Å². The number of fused-ring (bicyclic) bond motifs is 1. The van der Waals surface area contributed by atoms with Crippen LogP contribution in [0, 0.1) is 6.92 Å². The molecule has 0 atom stereocenters. The Kier molecular flexibility index (Phi) is 5.21. The summed E-state index contributed by atoms with van der Waals surface area (Å²) in [6.07, 6.45) is 0.876. The maximum absolute atomic E-state index is 12.2. The van der Waals surface area contributed by atoms with Crippen LogP contribution in [-0.4, -0.2) is 35.9 Å². The van der Waals surface area contributed by atoms with Gasteiger partial charge in [-0.3, -0.25) is 4.79 Å². The third-order valence-corrected chi connectivity index (χ3v) is 6.97. The predicted octanol–water partition coefficient (Wildman–Crippen LogP) is 2.34. The number of amides is 1. The normalized spacial score (nSPS) is 15.0. The molecule has 0 unspecified atom stereocenters. The molecular weight excluding hydrogens is 358 g/mol. The van der Waals surface area contributed by atoms with Crippen LogP contribution in [0.3, 0.4) is 0 Å². The first-order valence-corrected chi connectivity index (χ1v) is 10.6. The third kappa shape index (κ3) is 4.26. The minimum absolute atomic E-state index is 0.0984. The van der Waals surface area contributed by atoms with Crippen LogP contribution in [0.1, 0.15) is 28.6 Å². The Bertz CT molecular complexity index is 890. The van der Waals surface area contributed by atoms with E-state index in [-0.39, 0.29) is 11.7 Å². The number of hydrogen-bond donors (Lipinski definition) is 1. The zero-order chi connectivity index (χ0) is 18.0. The Morgan fingerprint density at radius 1 is 1.40 bits per heavy atom. The average Bonchev–Trinajstić information content (AvgIpc) is 2.95. The number of aryl methyl sites for hydroxylation is 1. The van der Waals surface area contributed by atoms with E-state index in [2.05, 4.69) is 10.3 Å². The Morgan fingerprint density at radius 3 is 2.92 bits per heavy atom. The SMILES string of the molecule is CCS(=O)(=O)N1CCc2nc(NC(=O)Cc3cccc(C)c3)sc2C1. The van der Waals surface area contributed by atoms with E-state index in [1.165, 1.54) is 15.6 Å². The van der Waals surface area contributed by atoms with Crippen molar-refractivity contribution in [3.63, 3.8) is 0 Å². The Labute approximate surface area is 151 Å². The Morgan fingerprint density at radius 2 is 2.20 bits per heavy atom. The molecule has 0 bridgehead atoms. The highest BCUT2D eigenvalue weighted by atomic mass is 32.2. The van der Waals surface area contributed by atoms with Crippen molar-refractivity contribution in [3.8, 4) is 0 Å². The fourth-order valence-electron chi connectivity index (χ4n) is 2.82. The Balaban J connectivity index is 1.67. The molecule has 0 radical (unpaired) electrons. The number of anilines is 1. The lowest BCUT2D eigenvalue weighted by molar-refractivity contribution is -0.115. The molecule has 1 aliphatic heterocycles. The van der Waals surface area contributed by atoms with E-state index < -0.39 is 10.0 Å². The molecule has 0 spiro atoms. The summed E-state index contributed by atoms with van der Waals surface area (Å²) in [6, 6.07) is 7.84. The van der Waals surface area contributed by atoms with E-state index in [1.807, 2.05) is 31.2 Å². The maximum Gasteiger partial charge on any atom is 0.230 e. The number of hydrogen-bond acceptors (Lipinski definition) is 5. The van der Waals surface area contributed by atoms with E-state index in [0.29, 0.717) is 31.1 Å². The number of carbonyl (C=O) groups is 1. The van der Waals surface area contributed by atoms with Crippen molar-refractivity contribution in [3.05, 3.63) is 46.0 Å². The van der Waals surface area contributed by atoms with Crippen LogP contribution in [0.4, 0.5) is 5.13 Å². The molecule has 1 aromatic heterocycles. The molecular formula is C17H21N3O3S2. The minimum Gasteiger partial charge on any atom is -0.302 e. The van der Waals surface area contributed by atoms with Gasteiger partial charge < -0.3 is 5.32 Å². The van der Waals surface area contributed by atoms with Gasteiger partial charge >= 0.3 is 0 Å². The lowest BCUT2D eigenvalue weighted by Gasteiger charge is -2.24. The van der Waals surface area contributed by atoms with Gasteiger partial charge in [-0.1, -0.05) is 29.8 Å². The molecule has 6 nitrogen and oxygen atoms in total. The summed E-state index contributed by atoms with van der Waals surface area (Å²) >= 11 is 1.36. The van der Waals surface area contributed by atoms with Crippen molar-refractivity contribution in [1.29, 1.82) is 0 Å². The average molecular weight is 380 g/mol. The molecule has 0 saturated heterocycles. The van der Waals surface area contributed by atoms with E-state index in [9.17, 15) is 13.2 Å². The highest BCUT2D eigenvalue weighted by molar-refractivity contribution is 7.89. The summed E-state index contributed by atoms with van der Waals surface area (Å²) in [5.41, 5.74) is 2.96. The van der Waals surface area contributed by atoms with Crippen LogP contribution < -0.4 is 5.32 Å². The summed E-state index contributed by atoms with van der Waals surface area (Å²) in [7, 11) is -3.20. The van der Waals surface area contributed by atoms with Gasteiger partial charge in [-0.2, -0.15) is 4.31 Å². The molecule has 25 heavy (non-hydrogen) atoms. The van der Waals surface area contributed by atoms with E-state index in [4.69, 9.17) is 0 Å². The Hall–Kier alpha value is -1.77. The number of nitrogens with zero attached hydrogens (tertiary/aromatic N) is 2. The summed E-state index contributed by atoms with van der Waals surface area (Å²) in [5, 5.41) is 3.38. The van der Waals surface area contributed by atoms with E-state index >= 15 is 0 Å². The number of nitrogens with one attached hydrogen (secondary N) is 1. The molecule has 1 N–H and O–H groups in total. The second-order valence-electron chi connectivity index (χ2n) is 6.09. The number of rotatable bonds is 5. The van der Waals surface area contributed by atoms with Crippen molar-refractivity contribution in [2.24, 2.45) is 0 Å². The first-order chi connectivity index (χ1) is 11.9. The van der Waals surface area contributed by atoms with Gasteiger partial charge in [0.1, 0.15) is 0 Å². The summed E-state index contributed by atoms with van der Waals surface area (Å²) < 4.78 is 25.5. The highest BCUT2D eigenvalue weighted by Crippen LogP contribution is 2.29. The molecule has 0 fully saturated rings. The molecule has 3 rings (SSSR count). The molecule has 2 aromatic rings. The van der Waals surface area contributed by atoms with Gasteiger partial charge in [-0.15, -0.1) is 11.3 Å². The van der Waals surface area contributed by atoms with Crippen LogP contribution in [0.15, 0.2) is 24.3 Å². The highest BCUT2D eigenvalue weighted by Gasteiger charge is 2.28. The van der Waals surface area contributed by atoms with Crippen molar-refractivity contribution >= 4 is 32.4 Å². The van der Waals surface area contributed by atoms with Crippen LogP contribution >= 0.6 is 11.3 Å². The van der Waals surface area contributed by atoms with Crippen LogP contribution in [0.5, 0.6) is 0 Å². The first kappa shape index (κ1) is 18.0. The summed E-state index contributed by atoms with van der Waals surface area (Å²) in [5.74, 6) is -0.0176. The zero-order valence-electron chi connectivity index (χ0n) is 14.3. The third-order valence-electron chi connectivity index (χ3n) is 4.15. The van der Waals surface area contributed by atoms with Crippen LogP contribution in [0.2, 0.25) is 0 Å². The van der Waals surface area contributed by atoms with Gasteiger partial charge in [0, 0.05) is 24.4 Å². The molecule has 1 aromatic carbocycles. The molecule has 0 saturated carbocycles. The number of sulfonamides is 1. The van der Waals surface area contributed by atoms with Crippen molar-refractivity contribution < 1.29 is 13.2 Å². The number of aromatic nitrogens is 1. The van der Waals surface area contributed by atoms with Gasteiger partial charge in [0.05, 0.1) is 17.9 Å². The summed E-state index contributed by atoms with van der Waals surface area (Å²) in [6.45, 7) is 4.43. The lowest BCUT2D eigenvalue weighted by Crippen LogP contribution is -2.36. The number of benzene rings is 1. The molecule has 1 aliphatic rings. The first-order valence-electron chi connectivity index (χ1n) is 8.19. The van der Waals surface area contributed by atoms with Crippen LogP contribution in [0.25, 0.3) is 0 Å². The smallest absolute Gasteiger partial charge is 0.230 e. The molecule has 8 heteroatoms. The number of carbonyl (C=O) groups excluding carboxylic acids is 1. The fourth-order valence-corrected chi connectivity index (χ4v) is 5.00. The zero-order valence-corrected chi connectivity index (χ0v) is 15.9.